The van der Waals surface area contributed by atoms with Crippen LogP contribution in [-0.4, -0.2) is 11.7 Å². The smallest absolute Gasteiger partial charge is 0.101 e. The van der Waals surface area contributed by atoms with Crippen molar-refractivity contribution in [3.05, 3.63) is 62.6 Å². The molecule has 0 radical (unpaired) electrons. The maximum Gasteiger partial charge on any atom is 0.101 e. The van der Waals surface area contributed by atoms with Gasteiger partial charge in [-0.2, -0.15) is 5.26 Å². The van der Waals surface area contributed by atoms with Gasteiger partial charge in [0.2, 0.25) is 0 Å². The Bertz CT molecular complexity index is 698. The van der Waals surface area contributed by atoms with E-state index in [4.69, 9.17) is 40.1 Å². The zero-order valence-corrected chi connectivity index (χ0v) is 13.0. The predicted octanol–water partition coefficient (Wildman–Crippen LogP) is 4.66. The van der Waals surface area contributed by atoms with Gasteiger partial charge in [-0.15, -0.1) is 0 Å². The third-order valence-corrected chi connectivity index (χ3v) is 3.80. The molecule has 6 heteroatoms. The molecule has 2 rings (SSSR count). The molecule has 0 fully saturated rings. The number of hydrogen-bond donors (Lipinski definition) is 2. The second kappa shape index (κ2) is 7.02. The number of rotatable bonds is 4. The van der Waals surface area contributed by atoms with Crippen LogP contribution in [0.25, 0.3) is 0 Å². The van der Waals surface area contributed by atoms with Crippen molar-refractivity contribution < 1.29 is 5.11 Å². The average molecular weight is 342 g/mol. The van der Waals surface area contributed by atoms with Crippen molar-refractivity contribution >= 4 is 40.5 Å². The molecule has 2 aromatic rings. The fraction of sp³-hybridized carbons (Fsp3) is 0.133. The summed E-state index contributed by atoms with van der Waals surface area (Å²) in [5.41, 5.74) is 1.66. The Balaban J connectivity index is 2.07. The van der Waals surface area contributed by atoms with E-state index in [1.54, 1.807) is 36.4 Å². The minimum atomic E-state index is -0.814. The molecule has 0 heterocycles. The standard InChI is InChI=1S/C15H11Cl3N2O/c16-10-2-4-13(17)12(5-10)15(21)8-20-11-3-1-9(7-19)14(18)6-11/h1-6,15,20-21H,8H2. The van der Waals surface area contributed by atoms with E-state index in [0.717, 1.165) is 0 Å². The van der Waals surface area contributed by atoms with E-state index in [1.165, 1.54) is 0 Å². The van der Waals surface area contributed by atoms with Gasteiger partial charge in [0, 0.05) is 27.8 Å². The number of benzene rings is 2. The molecular formula is C15H11Cl3N2O. The van der Waals surface area contributed by atoms with Crippen LogP contribution in [-0.2, 0) is 0 Å². The molecule has 0 bridgehead atoms. The summed E-state index contributed by atoms with van der Waals surface area (Å²) in [5.74, 6) is 0. The number of hydrogen-bond acceptors (Lipinski definition) is 3. The van der Waals surface area contributed by atoms with Crippen LogP contribution >= 0.6 is 34.8 Å². The first kappa shape index (κ1) is 15.9. The van der Waals surface area contributed by atoms with E-state index in [1.807, 2.05) is 6.07 Å². The average Bonchev–Trinajstić information content (AvgIpc) is 2.47. The highest BCUT2D eigenvalue weighted by Gasteiger charge is 2.12. The molecule has 21 heavy (non-hydrogen) atoms. The van der Waals surface area contributed by atoms with Crippen molar-refractivity contribution in [2.24, 2.45) is 0 Å². The molecule has 1 unspecified atom stereocenters. The van der Waals surface area contributed by atoms with Gasteiger partial charge in [-0.05, 0) is 36.4 Å². The van der Waals surface area contributed by atoms with Gasteiger partial charge in [0.1, 0.15) is 6.07 Å². The number of aliphatic hydroxyl groups is 1. The van der Waals surface area contributed by atoms with Crippen LogP contribution in [0.3, 0.4) is 0 Å². The lowest BCUT2D eigenvalue weighted by atomic mass is 10.1. The highest BCUT2D eigenvalue weighted by atomic mass is 35.5. The Hall–Kier alpha value is -1.44. The summed E-state index contributed by atoms with van der Waals surface area (Å²) in [7, 11) is 0. The van der Waals surface area contributed by atoms with E-state index in [9.17, 15) is 5.11 Å². The van der Waals surface area contributed by atoms with E-state index in [0.29, 0.717) is 31.9 Å². The van der Waals surface area contributed by atoms with Gasteiger partial charge in [0.25, 0.3) is 0 Å². The van der Waals surface area contributed by atoms with Crippen LogP contribution in [0.2, 0.25) is 15.1 Å². The SMILES string of the molecule is N#Cc1ccc(NCC(O)c2cc(Cl)ccc2Cl)cc1Cl. The van der Waals surface area contributed by atoms with Crippen molar-refractivity contribution in [3.63, 3.8) is 0 Å². The van der Waals surface area contributed by atoms with Gasteiger partial charge >= 0.3 is 0 Å². The molecule has 108 valence electrons. The van der Waals surface area contributed by atoms with Crippen LogP contribution < -0.4 is 5.32 Å². The lowest BCUT2D eigenvalue weighted by Crippen LogP contribution is -2.12. The topological polar surface area (TPSA) is 56.0 Å². The van der Waals surface area contributed by atoms with E-state index < -0.39 is 6.10 Å². The summed E-state index contributed by atoms with van der Waals surface area (Å²) < 4.78 is 0. The lowest BCUT2D eigenvalue weighted by molar-refractivity contribution is 0.192. The van der Waals surface area contributed by atoms with E-state index >= 15 is 0 Å². The lowest BCUT2D eigenvalue weighted by Gasteiger charge is -2.15. The van der Waals surface area contributed by atoms with Gasteiger partial charge in [-0.3, -0.25) is 0 Å². The highest BCUT2D eigenvalue weighted by Crippen LogP contribution is 2.27. The summed E-state index contributed by atoms with van der Waals surface area (Å²) in [5, 5.41) is 23.3. The number of anilines is 1. The fourth-order valence-corrected chi connectivity index (χ4v) is 2.46. The van der Waals surface area contributed by atoms with Crippen LogP contribution in [0.4, 0.5) is 5.69 Å². The fourth-order valence-electron chi connectivity index (χ4n) is 1.81. The third kappa shape index (κ3) is 4.03. The number of nitrogens with zero attached hydrogens (tertiary/aromatic N) is 1. The minimum absolute atomic E-state index is 0.238. The van der Waals surface area contributed by atoms with Crippen molar-refractivity contribution in [1.82, 2.24) is 0 Å². The van der Waals surface area contributed by atoms with Gasteiger partial charge in [-0.1, -0.05) is 34.8 Å². The maximum absolute atomic E-state index is 10.2. The Labute approximate surface area is 137 Å². The monoisotopic (exact) mass is 340 g/mol. The highest BCUT2D eigenvalue weighted by molar-refractivity contribution is 6.33. The molecule has 0 amide bonds. The molecule has 0 aliphatic carbocycles. The first-order chi connectivity index (χ1) is 10.0. The molecular weight excluding hydrogens is 331 g/mol. The van der Waals surface area contributed by atoms with Gasteiger partial charge in [0.05, 0.1) is 16.7 Å². The van der Waals surface area contributed by atoms with Crippen molar-refractivity contribution in [2.75, 3.05) is 11.9 Å². The first-order valence-corrected chi connectivity index (χ1v) is 7.21. The number of halogens is 3. The van der Waals surface area contributed by atoms with Crippen LogP contribution in [0.15, 0.2) is 36.4 Å². The Morgan fingerprint density at radius 3 is 2.52 bits per heavy atom. The molecule has 2 N–H and O–H groups in total. The van der Waals surface area contributed by atoms with E-state index in [2.05, 4.69) is 5.32 Å². The van der Waals surface area contributed by atoms with Crippen LogP contribution in [0.5, 0.6) is 0 Å². The zero-order chi connectivity index (χ0) is 15.4. The van der Waals surface area contributed by atoms with Crippen molar-refractivity contribution in [2.45, 2.75) is 6.10 Å². The van der Waals surface area contributed by atoms with Gasteiger partial charge in [-0.25, -0.2) is 0 Å². The quantitative estimate of drug-likeness (QED) is 0.850. The molecule has 0 aliphatic heterocycles. The Morgan fingerprint density at radius 1 is 1.10 bits per heavy atom. The Morgan fingerprint density at radius 2 is 1.86 bits per heavy atom. The third-order valence-electron chi connectivity index (χ3n) is 2.91. The van der Waals surface area contributed by atoms with E-state index in [-0.39, 0.29) is 6.54 Å². The van der Waals surface area contributed by atoms with Crippen LogP contribution in [0.1, 0.15) is 17.2 Å². The largest absolute Gasteiger partial charge is 0.387 e. The van der Waals surface area contributed by atoms with Gasteiger partial charge < -0.3 is 10.4 Å². The van der Waals surface area contributed by atoms with Crippen molar-refractivity contribution in [3.8, 4) is 6.07 Å². The minimum Gasteiger partial charge on any atom is -0.387 e. The molecule has 0 aromatic heterocycles. The number of nitrogens with one attached hydrogen (secondary N) is 1. The molecule has 3 nitrogen and oxygen atoms in total. The Kier molecular flexibility index (Phi) is 5.33. The molecule has 1 atom stereocenters. The molecule has 0 saturated heterocycles. The second-order valence-corrected chi connectivity index (χ2v) is 5.62. The van der Waals surface area contributed by atoms with Gasteiger partial charge in [0.15, 0.2) is 0 Å². The molecule has 2 aromatic carbocycles. The summed E-state index contributed by atoms with van der Waals surface area (Å²) in [6.45, 7) is 0.238. The molecule has 0 spiro atoms. The zero-order valence-electron chi connectivity index (χ0n) is 10.8. The number of nitriles is 1. The summed E-state index contributed by atoms with van der Waals surface area (Å²) in [6, 6.07) is 11.9. The summed E-state index contributed by atoms with van der Waals surface area (Å²) in [4.78, 5) is 0. The first-order valence-electron chi connectivity index (χ1n) is 6.08. The second-order valence-electron chi connectivity index (χ2n) is 4.37. The number of aliphatic hydroxyl groups excluding tert-OH is 1. The predicted molar refractivity (Wildman–Crippen MR) is 86.1 cm³/mol. The summed E-state index contributed by atoms with van der Waals surface area (Å²) >= 11 is 17.9. The summed E-state index contributed by atoms with van der Waals surface area (Å²) in [6.07, 6.45) is -0.814. The normalized spacial score (nSPS) is 11.8. The van der Waals surface area contributed by atoms with Crippen molar-refractivity contribution in [1.29, 1.82) is 5.26 Å². The molecule has 0 aliphatic rings. The maximum atomic E-state index is 10.2. The molecule has 0 saturated carbocycles. The van der Waals surface area contributed by atoms with Crippen LogP contribution in [0, 0.1) is 11.3 Å².